The van der Waals surface area contributed by atoms with Crippen molar-refractivity contribution in [3.05, 3.63) is 17.0 Å². The Bertz CT molecular complexity index is 407. The van der Waals surface area contributed by atoms with Crippen molar-refractivity contribution in [2.45, 2.75) is 45.6 Å². The lowest BCUT2D eigenvalue weighted by atomic mass is 10.1. The van der Waals surface area contributed by atoms with Crippen molar-refractivity contribution in [3.63, 3.8) is 0 Å². The van der Waals surface area contributed by atoms with Gasteiger partial charge in [-0.25, -0.2) is 4.79 Å². The van der Waals surface area contributed by atoms with Crippen molar-refractivity contribution >= 4 is 5.97 Å². The maximum absolute atomic E-state index is 12.0. The average molecular weight is 253 g/mol. The lowest BCUT2D eigenvalue weighted by Crippen LogP contribution is -2.26. The molecule has 0 N–H and O–H groups in total. The molecule has 0 radical (unpaired) electrons. The Morgan fingerprint density at radius 2 is 2.33 bits per heavy atom. The van der Waals surface area contributed by atoms with Crippen LogP contribution in [-0.4, -0.2) is 30.4 Å². The molecular formula is C13H19NO4. The van der Waals surface area contributed by atoms with Crippen LogP contribution in [0, 0.1) is 6.92 Å². The third kappa shape index (κ3) is 2.90. The van der Waals surface area contributed by atoms with E-state index in [-0.39, 0.29) is 12.1 Å². The van der Waals surface area contributed by atoms with E-state index in [1.54, 1.807) is 6.92 Å². The fraction of sp³-hybridized carbons (Fsp3) is 0.692. The number of esters is 1. The van der Waals surface area contributed by atoms with Gasteiger partial charge in [-0.15, -0.1) is 0 Å². The van der Waals surface area contributed by atoms with E-state index in [1.165, 1.54) is 0 Å². The van der Waals surface area contributed by atoms with Gasteiger partial charge in [-0.1, -0.05) is 12.1 Å². The second-order valence-corrected chi connectivity index (χ2v) is 4.50. The van der Waals surface area contributed by atoms with E-state index in [9.17, 15) is 4.79 Å². The lowest BCUT2D eigenvalue weighted by molar-refractivity contribution is -0.0301. The first-order valence-electron chi connectivity index (χ1n) is 6.46. The third-order valence-corrected chi connectivity index (χ3v) is 3.15. The van der Waals surface area contributed by atoms with Crippen LogP contribution in [-0.2, 0) is 15.9 Å². The Labute approximate surface area is 106 Å². The first-order valence-corrected chi connectivity index (χ1v) is 6.46. The zero-order valence-corrected chi connectivity index (χ0v) is 10.9. The summed E-state index contributed by atoms with van der Waals surface area (Å²) in [5.74, 6) is 0.154. The molecule has 5 heteroatoms. The fourth-order valence-electron chi connectivity index (χ4n) is 2.10. The number of rotatable bonds is 4. The van der Waals surface area contributed by atoms with Gasteiger partial charge in [0.15, 0.2) is 0 Å². The quantitative estimate of drug-likeness (QED) is 0.770. The number of aryl methyl sites for hydroxylation is 2. The summed E-state index contributed by atoms with van der Waals surface area (Å²) in [5, 5.41) is 3.84. The summed E-state index contributed by atoms with van der Waals surface area (Å²) >= 11 is 0. The molecule has 1 atom stereocenters. The second kappa shape index (κ2) is 6.00. The summed E-state index contributed by atoms with van der Waals surface area (Å²) in [5.41, 5.74) is 1.12. The van der Waals surface area contributed by atoms with Crippen LogP contribution in [0.25, 0.3) is 0 Å². The Morgan fingerprint density at radius 3 is 3.00 bits per heavy atom. The summed E-state index contributed by atoms with van der Waals surface area (Å²) in [6, 6.07) is 0. The number of nitrogens with zero attached hydrogens (tertiary/aromatic N) is 1. The molecule has 1 aromatic rings. The van der Waals surface area contributed by atoms with Gasteiger partial charge in [0.2, 0.25) is 0 Å². The van der Waals surface area contributed by atoms with Gasteiger partial charge in [0.1, 0.15) is 17.9 Å². The number of carbonyl (C=O) groups excluding carboxylic acids is 1. The van der Waals surface area contributed by atoms with Crippen LogP contribution in [0.4, 0.5) is 0 Å². The molecule has 100 valence electrons. The van der Waals surface area contributed by atoms with Gasteiger partial charge in [-0.3, -0.25) is 0 Å². The summed E-state index contributed by atoms with van der Waals surface area (Å²) in [6.07, 6.45) is 3.87. The van der Waals surface area contributed by atoms with Crippen molar-refractivity contribution in [1.29, 1.82) is 0 Å². The average Bonchev–Trinajstić information content (AvgIpc) is 2.78. The zero-order chi connectivity index (χ0) is 13.0. The van der Waals surface area contributed by atoms with Crippen LogP contribution < -0.4 is 0 Å². The normalized spacial score (nSPS) is 19.8. The molecule has 2 heterocycles. The maximum Gasteiger partial charge on any atom is 0.343 e. The fourth-order valence-corrected chi connectivity index (χ4v) is 2.10. The van der Waals surface area contributed by atoms with Crippen LogP contribution in [0.15, 0.2) is 4.52 Å². The second-order valence-electron chi connectivity index (χ2n) is 4.50. The molecular weight excluding hydrogens is 234 g/mol. The van der Waals surface area contributed by atoms with Gasteiger partial charge in [0.05, 0.1) is 11.8 Å². The number of ether oxygens (including phenoxy) is 2. The van der Waals surface area contributed by atoms with Gasteiger partial charge >= 0.3 is 5.97 Å². The standard InChI is InChI=1S/C13H19NO4/c1-3-11-12(9(2)18-14-11)13(15)17-8-10-6-4-5-7-16-10/h10H,3-8H2,1-2H3. The van der Waals surface area contributed by atoms with Crippen molar-refractivity contribution < 1.29 is 18.8 Å². The molecule has 1 saturated heterocycles. The maximum atomic E-state index is 12.0. The van der Waals surface area contributed by atoms with E-state index in [0.29, 0.717) is 30.0 Å². The number of carbonyl (C=O) groups is 1. The smallest absolute Gasteiger partial charge is 0.343 e. The van der Waals surface area contributed by atoms with E-state index in [4.69, 9.17) is 14.0 Å². The van der Waals surface area contributed by atoms with Crippen LogP contribution >= 0.6 is 0 Å². The first kappa shape index (κ1) is 13.1. The Hall–Kier alpha value is -1.36. The van der Waals surface area contributed by atoms with Gasteiger partial charge < -0.3 is 14.0 Å². The van der Waals surface area contributed by atoms with Crippen molar-refractivity contribution in [2.75, 3.05) is 13.2 Å². The molecule has 5 nitrogen and oxygen atoms in total. The largest absolute Gasteiger partial charge is 0.459 e. The highest BCUT2D eigenvalue weighted by molar-refractivity contribution is 5.91. The molecule has 0 spiro atoms. The van der Waals surface area contributed by atoms with E-state index < -0.39 is 0 Å². The minimum Gasteiger partial charge on any atom is -0.459 e. The topological polar surface area (TPSA) is 61.6 Å². The minimum absolute atomic E-state index is 0.0351. The van der Waals surface area contributed by atoms with Crippen LogP contribution in [0.5, 0.6) is 0 Å². The molecule has 2 rings (SSSR count). The SMILES string of the molecule is CCc1noc(C)c1C(=O)OCC1CCCCO1. The number of hydrogen-bond donors (Lipinski definition) is 0. The molecule has 0 aliphatic carbocycles. The molecule has 1 fully saturated rings. The molecule has 1 unspecified atom stereocenters. The summed E-state index contributed by atoms with van der Waals surface area (Å²) < 4.78 is 15.8. The van der Waals surface area contributed by atoms with Crippen LogP contribution in [0.2, 0.25) is 0 Å². The Morgan fingerprint density at radius 1 is 1.50 bits per heavy atom. The molecule has 1 aliphatic rings. The molecule has 0 aromatic carbocycles. The molecule has 18 heavy (non-hydrogen) atoms. The predicted molar refractivity (Wildman–Crippen MR) is 64.5 cm³/mol. The predicted octanol–water partition coefficient (Wildman–Crippen LogP) is 2.27. The molecule has 0 saturated carbocycles. The summed E-state index contributed by atoms with van der Waals surface area (Å²) in [4.78, 5) is 12.0. The van der Waals surface area contributed by atoms with Gasteiger partial charge in [0.25, 0.3) is 0 Å². The monoisotopic (exact) mass is 253 g/mol. The highest BCUT2D eigenvalue weighted by Crippen LogP contribution is 2.17. The molecule has 1 aliphatic heterocycles. The van der Waals surface area contributed by atoms with Crippen LogP contribution in [0.3, 0.4) is 0 Å². The van der Waals surface area contributed by atoms with E-state index >= 15 is 0 Å². The van der Waals surface area contributed by atoms with Crippen molar-refractivity contribution in [1.82, 2.24) is 5.16 Å². The van der Waals surface area contributed by atoms with Crippen molar-refractivity contribution in [2.24, 2.45) is 0 Å². The summed E-state index contributed by atoms with van der Waals surface area (Å²) in [6.45, 7) is 4.72. The summed E-state index contributed by atoms with van der Waals surface area (Å²) in [7, 11) is 0. The third-order valence-electron chi connectivity index (χ3n) is 3.15. The van der Waals surface area contributed by atoms with Crippen molar-refractivity contribution in [3.8, 4) is 0 Å². The van der Waals surface area contributed by atoms with Gasteiger partial charge in [-0.2, -0.15) is 0 Å². The molecule has 1 aromatic heterocycles. The van der Waals surface area contributed by atoms with Gasteiger partial charge in [0, 0.05) is 6.61 Å². The van der Waals surface area contributed by atoms with E-state index in [1.807, 2.05) is 6.92 Å². The Kier molecular flexibility index (Phi) is 4.36. The van der Waals surface area contributed by atoms with E-state index in [2.05, 4.69) is 5.16 Å². The highest BCUT2D eigenvalue weighted by Gasteiger charge is 2.22. The minimum atomic E-state index is -0.361. The van der Waals surface area contributed by atoms with Gasteiger partial charge in [-0.05, 0) is 32.6 Å². The number of hydrogen-bond acceptors (Lipinski definition) is 5. The highest BCUT2D eigenvalue weighted by atomic mass is 16.6. The van der Waals surface area contributed by atoms with E-state index in [0.717, 1.165) is 25.9 Å². The number of aromatic nitrogens is 1. The first-order chi connectivity index (χ1) is 8.72. The molecule has 0 amide bonds. The van der Waals surface area contributed by atoms with Crippen LogP contribution in [0.1, 0.15) is 48.0 Å². The Balaban J connectivity index is 1.92. The zero-order valence-electron chi connectivity index (χ0n) is 10.9. The molecule has 0 bridgehead atoms. The lowest BCUT2D eigenvalue weighted by Gasteiger charge is -2.21.